The van der Waals surface area contributed by atoms with Crippen LogP contribution >= 0.6 is 0 Å². The maximum Gasteiger partial charge on any atom is 0.282 e. The van der Waals surface area contributed by atoms with Crippen LogP contribution in [0.15, 0.2) is 4.99 Å². The van der Waals surface area contributed by atoms with Crippen LogP contribution in [0.1, 0.15) is 15.9 Å². The van der Waals surface area contributed by atoms with E-state index in [1.54, 1.807) is 0 Å². The molecular formula is C14F10NO2-. The van der Waals surface area contributed by atoms with Crippen LogP contribution in [0.2, 0.25) is 0 Å². The predicted molar refractivity (Wildman–Crippen MR) is 63.3 cm³/mol. The number of benzene rings is 2. The molecule has 3 nitrogen and oxygen atoms in total. The monoisotopic (exact) mass is 404 g/mol. The van der Waals surface area contributed by atoms with Gasteiger partial charge in [0.15, 0.2) is 46.5 Å². The van der Waals surface area contributed by atoms with E-state index in [1.807, 2.05) is 0 Å². The van der Waals surface area contributed by atoms with E-state index >= 15 is 0 Å². The molecule has 2 aromatic rings. The van der Waals surface area contributed by atoms with Crippen LogP contribution in [0.4, 0.5) is 43.9 Å². The van der Waals surface area contributed by atoms with E-state index in [2.05, 4.69) is 4.99 Å². The summed E-state index contributed by atoms with van der Waals surface area (Å²) in [6.45, 7) is 0. The molecule has 0 heterocycles. The molecular weight excluding hydrogens is 404 g/mol. The molecule has 0 radical (unpaired) electrons. The summed E-state index contributed by atoms with van der Waals surface area (Å²) in [7, 11) is 0. The normalized spacial score (nSPS) is 11.9. The van der Waals surface area contributed by atoms with Gasteiger partial charge in [-0.25, -0.2) is 48.9 Å². The number of hydrogen-bond donors (Lipinski definition) is 0. The third-order valence-corrected chi connectivity index (χ3v) is 3.05. The van der Waals surface area contributed by atoms with Crippen LogP contribution in [0, 0.1) is 58.2 Å². The minimum Gasteiger partial charge on any atom is -0.858 e. The highest BCUT2D eigenvalue weighted by atomic mass is 19.2. The molecule has 0 spiro atoms. The summed E-state index contributed by atoms with van der Waals surface area (Å²) in [6.07, 6.45) is 0. The highest BCUT2D eigenvalue weighted by molar-refractivity contribution is 6.06. The number of hydrogen-bond acceptors (Lipinski definition) is 2. The van der Waals surface area contributed by atoms with Gasteiger partial charge in [-0.05, 0) is 0 Å². The number of halogens is 10. The summed E-state index contributed by atoms with van der Waals surface area (Å²) in [5.74, 6) is -31.7. The number of aliphatic imine (C=N–C) groups is 1. The van der Waals surface area contributed by atoms with Gasteiger partial charge >= 0.3 is 0 Å². The average Bonchev–Trinajstić information content (AvgIpc) is 2.61. The van der Waals surface area contributed by atoms with Gasteiger partial charge in [0.05, 0.1) is 5.56 Å². The van der Waals surface area contributed by atoms with Gasteiger partial charge in [0.1, 0.15) is 5.56 Å². The molecule has 0 aliphatic carbocycles. The molecule has 0 unspecified atom stereocenters. The van der Waals surface area contributed by atoms with E-state index in [4.69, 9.17) is 0 Å². The second-order valence-corrected chi connectivity index (χ2v) is 4.61. The SMILES string of the molecule is O=C(N=C([O-])c1c(F)c(F)c(F)c(F)c1F)c1c(F)c(F)c(F)c(F)c1F. The maximum absolute atomic E-state index is 13.4. The molecule has 144 valence electrons. The van der Waals surface area contributed by atoms with Gasteiger partial charge in [-0.15, -0.1) is 0 Å². The van der Waals surface area contributed by atoms with Gasteiger partial charge in [0, 0.05) is 5.90 Å². The lowest BCUT2D eigenvalue weighted by atomic mass is 10.1. The number of rotatable bonds is 2. The first kappa shape index (κ1) is 20.2. The zero-order valence-electron chi connectivity index (χ0n) is 12.0. The topological polar surface area (TPSA) is 52.5 Å². The van der Waals surface area contributed by atoms with Crippen molar-refractivity contribution in [3.63, 3.8) is 0 Å². The fourth-order valence-corrected chi connectivity index (χ4v) is 1.79. The van der Waals surface area contributed by atoms with Gasteiger partial charge in [-0.1, -0.05) is 0 Å². The molecule has 0 aliphatic heterocycles. The third kappa shape index (κ3) is 3.08. The Kier molecular flexibility index (Phi) is 5.15. The van der Waals surface area contributed by atoms with Crippen molar-refractivity contribution in [1.29, 1.82) is 0 Å². The first-order valence-corrected chi connectivity index (χ1v) is 6.25. The quantitative estimate of drug-likeness (QED) is 0.254. The van der Waals surface area contributed by atoms with Gasteiger partial charge in [-0.2, -0.15) is 0 Å². The molecule has 0 fully saturated rings. The van der Waals surface area contributed by atoms with Crippen molar-refractivity contribution in [2.75, 3.05) is 0 Å². The van der Waals surface area contributed by atoms with Gasteiger partial charge in [0.2, 0.25) is 11.6 Å². The van der Waals surface area contributed by atoms with Crippen molar-refractivity contribution in [2.45, 2.75) is 0 Å². The second kappa shape index (κ2) is 6.89. The summed E-state index contributed by atoms with van der Waals surface area (Å²) >= 11 is 0. The second-order valence-electron chi connectivity index (χ2n) is 4.61. The van der Waals surface area contributed by atoms with Gasteiger partial charge in [-0.3, -0.25) is 4.79 Å². The first-order chi connectivity index (χ1) is 12.4. The molecule has 0 aliphatic rings. The van der Waals surface area contributed by atoms with Crippen molar-refractivity contribution in [1.82, 2.24) is 0 Å². The molecule has 27 heavy (non-hydrogen) atoms. The Morgan fingerprint density at radius 2 is 0.778 bits per heavy atom. The zero-order valence-corrected chi connectivity index (χ0v) is 12.0. The van der Waals surface area contributed by atoms with E-state index in [0.717, 1.165) is 0 Å². The van der Waals surface area contributed by atoms with Crippen molar-refractivity contribution in [3.8, 4) is 0 Å². The third-order valence-electron chi connectivity index (χ3n) is 3.05. The Bertz CT molecular complexity index is 960. The van der Waals surface area contributed by atoms with E-state index in [9.17, 15) is 53.8 Å². The molecule has 0 atom stereocenters. The lowest BCUT2D eigenvalue weighted by molar-refractivity contribution is -0.213. The van der Waals surface area contributed by atoms with Crippen LogP contribution in [0.3, 0.4) is 0 Å². The highest BCUT2D eigenvalue weighted by Crippen LogP contribution is 2.25. The van der Waals surface area contributed by atoms with Crippen LogP contribution in [0.25, 0.3) is 0 Å². The minimum atomic E-state index is -2.68. The fourth-order valence-electron chi connectivity index (χ4n) is 1.79. The molecule has 1 amide bonds. The van der Waals surface area contributed by atoms with Crippen molar-refractivity contribution < 1.29 is 53.8 Å². The predicted octanol–water partition coefficient (Wildman–Crippen LogP) is 3.02. The molecule has 0 N–H and O–H groups in total. The zero-order chi connectivity index (χ0) is 20.8. The van der Waals surface area contributed by atoms with E-state index in [0.29, 0.717) is 0 Å². The maximum atomic E-state index is 13.4. The molecule has 0 saturated carbocycles. The van der Waals surface area contributed by atoms with Crippen LogP contribution in [0.5, 0.6) is 0 Å². The average molecular weight is 404 g/mol. The molecule has 13 heteroatoms. The lowest BCUT2D eigenvalue weighted by Gasteiger charge is -2.14. The van der Waals surface area contributed by atoms with E-state index < -0.39 is 81.1 Å². The summed E-state index contributed by atoms with van der Waals surface area (Å²) in [5.41, 5.74) is -4.55. The van der Waals surface area contributed by atoms with E-state index in [1.165, 1.54) is 0 Å². The number of amides is 1. The summed E-state index contributed by atoms with van der Waals surface area (Å²) in [6, 6.07) is 0. The number of carbonyl (C=O) groups excluding carboxylic acids is 1. The Morgan fingerprint density at radius 3 is 1.11 bits per heavy atom. The fraction of sp³-hybridized carbons (Fsp3) is 0. The molecule has 2 aromatic carbocycles. The highest BCUT2D eigenvalue weighted by Gasteiger charge is 2.30. The van der Waals surface area contributed by atoms with Gasteiger partial charge < -0.3 is 5.11 Å². The summed E-state index contributed by atoms with van der Waals surface area (Å²) < 4.78 is 131. The molecule has 0 saturated heterocycles. The smallest absolute Gasteiger partial charge is 0.282 e. The largest absolute Gasteiger partial charge is 0.858 e. The van der Waals surface area contributed by atoms with Crippen molar-refractivity contribution in [2.24, 2.45) is 4.99 Å². The number of nitrogens with zero attached hydrogens (tertiary/aromatic N) is 1. The first-order valence-electron chi connectivity index (χ1n) is 6.25. The van der Waals surface area contributed by atoms with Crippen LogP contribution in [-0.4, -0.2) is 11.8 Å². The number of carbonyl (C=O) groups is 1. The minimum absolute atomic E-state index is 2.14. The Labute approximate surface area is 141 Å². The Hall–Kier alpha value is -3.12. The van der Waals surface area contributed by atoms with Crippen molar-refractivity contribution in [3.05, 3.63) is 69.3 Å². The molecule has 0 bridgehead atoms. The molecule has 2 rings (SSSR count). The lowest BCUT2D eigenvalue weighted by Crippen LogP contribution is -2.26. The summed E-state index contributed by atoms with van der Waals surface area (Å²) in [5, 5.41) is 11.5. The Balaban J connectivity index is 2.68. The van der Waals surface area contributed by atoms with Crippen molar-refractivity contribution >= 4 is 11.8 Å². The van der Waals surface area contributed by atoms with Gasteiger partial charge in [0.25, 0.3) is 5.91 Å². The standard InChI is InChI=1S/C14HF10NO2/c15-3-1(4(16)8(20)11(23)7(3)19)13(26)25-14(27)2-5(17)9(21)12(24)10(22)6(2)18/h(H,25,26,27)/p-1. The molecule has 0 aromatic heterocycles. The van der Waals surface area contributed by atoms with E-state index in [-0.39, 0.29) is 0 Å². The Morgan fingerprint density at radius 1 is 0.519 bits per heavy atom. The van der Waals surface area contributed by atoms with Crippen LogP contribution in [-0.2, 0) is 0 Å². The van der Waals surface area contributed by atoms with Crippen LogP contribution < -0.4 is 5.11 Å². The summed E-state index contributed by atoms with van der Waals surface area (Å²) in [4.78, 5) is 13.7.